The van der Waals surface area contributed by atoms with Gasteiger partial charge >= 0.3 is 0 Å². The number of benzene rings is 1. The lowest BCUT2D eigenvalue weighted by Gasteiger charge is -2.26. The number of fused-ring (bicyclic) bond motifs is 1. The Hall–Kier alpha value is -1.67. The van der Waals surface area contributed by atoms with Crippen molar-refractivity contribution < 1.29 is 4.79 Å². The standard InChI is InChI=1S/C13H15N3OS/c1-8(7-14)16(3)10-4-5-12-11(6-10)15-13(17)9(2)18-12/h4-6,8-9H,1-3H3,(H,15,17). The molecule has 0 radical (unpaired) electrons. The van der Waals surface area contributed by atoms with Crippen LogP contribution in [0, 0.1) is 11.3 Å². The molecule has 2 atom stereocenters. The normalized spacial score (nSPS) is 19.4. The summed E-state index contributed by atoms with van der Waals surface area (Å²) in [4.78, 5) is 14.6. The van der Waals surface area contributed by atoms with Crippen molar-refractivity contribution in [1.82, 2.24) is 0 Å². The molecule has 2 rings (SSSR count). The number of nitriles is 1. The maximum atomic E-state index is 11.6. The van der Waals surface area contributed by atoms with Crippen LogP contribution in [0.1, 0.15) is 13.8 Å². The number of nitrogens with zero attached hydrogens (tertiary/aromatic N) is 2. The Morgan fingerprint density at radius 3 is 2.94 bits per heavy atom. The molecule has 0 fully saturated rings. The van der Waals surface area contributed by atoms with Gasteiger partial charge in [-0.25, -0.2) is 0 Å². The van der Waals surface area contributed by atoms with Gasteiger partial charge in [-0.05, 0) is 32.0 Å². The van der Waals surface area contributed by atoms with Crippen molar-refractivity contribution in [3.05, 3.63) is 18.2 Å². The summed E-state index contributed by atoms with van der Waals surface area (Å²) in [6, 6.07) is 7.88. The molecule has 0 saturated carbocycles. The summed E-state index contributed by atoms with van der Waals surface area (Å²) in [5.41, 5.74) is 1.76. The maximum absolute atomic E-state index is 11.6. The molecule has 1 amide bonds. The average molecular weight is 261 g/mol. The Morgan fingerprint density at radius 2 is 2.28 bits per heavy atom. The van der Waals surface area contributed by atoms with Gasteiger partial charge in [0.1, 0.15) is 6.04 Å². The molecule has 0 saturated heterocycles. The number of anilines is 2. The van der Waals surface area contributed by atoms with Crippen LogP contribution >= 0.6 is 11.8 Å². The summed E-state index contributed by atoms with van der Waals surface area (Å²) in [6.45, 7) is 3.73. The molecule has 1 aromatic carbocycles. The summed E-state index contributed by atoms with van der Waals surface area (Å²) in [7, 11) is 1.87. The van der Waals surface area contributed by atoms with Crippen molar-refractivity contribution in [1.29, 1.82) is 5.26 Å². The second-order valence-electron chi connectivity index (χ2n) is 4.35. The molecule has 1 heterocycles. The highest BCUT2D eigenvalue weighted by atomic mass is 32.2. The SMILES string of the molecule is CC1Sc2ccc(N(C)C(C)C#N)cc2NC1=O. The van der Waals surface area contributed by atoms with E-state index in [2.05, 4.69) is 11.4 Å². The minimum absolute atomic E-state index is 0.0284. The molecular weight excluding hydrogens is 246 g/mol. The van der Waals surface area contributed by atoms with Gasteiger partial charge < -0.3 is 10.2 Å². The van der Waals surface area contributed by atoms with Gasteiger partial charge in [0, 0.05) is 17.6 Å². The summed E-state index contributed by atoms with van der Waals surface area (Å²) >= 11 is 1.56. The Balaban J connectivity index is 2.31. The molecule has 1 aliphatic heterocycles. The molecule has 2 unspecified atom stereocenters. The molecule has 1 aromatic rings. The molecule has 0 bridgehead atoms. The number of carbonyl (C=O) groups excluding carboxylic acids is 1. The summed E-state index contributed by atoms with van der Waals surface area (Å²) in [6.07, 6.45) is 0. The lowest BCUT2D eigenvalue weighted by Crippen LogP contribution is -2.29. The quantitative estimate of drug-likeness (QED) is 0.888. The number of hydrogen-bond acceptors (Lipinski definition) is 4. The van der Waals surface area contributed by atoms with Crippen molar-refractivity contribution in [2.75, 3.05) is 17.3 Å². The van der Waals surface area contributed by atoms with Crippen LogP contribution < -0.4 is 10.2 Å². The zero-order valence-corrected chi connectivity index (χ0v) is 11.4. The van der Waals surface area contributed by atoms with Crippen LogP contribution in [0.5, 0.6) is 0 Å². The number of nitrogens with one attached hydrogen (secondary N) is 1. The number of carbonyl (C=O) groups is 1. The predicted octanol–water partition coefficient (Wildman–Crippen LogP) is 2.47. The first kappa shape index (κ1) is 12.8. The van der Waals surface area contributed by atoms with E-state index in [9.17, 15) is 4.79 Å². The largest absolute Gasteiger partial charge is 0.359 e. The zero-order chi connectivity index (χ0) is 13.3. The van der Waals surface area contributed by atoms with E-state index in [1.807, 2.05) is 44.0 Å². The minimum atomic E-state index is -0.200. The summed E-state index contributed by atoms with van der Waals surface area (Å²) in [5, 5.41) is 11.8. The molecule has 0 aromatic heterocycles. The minimum Gasteiger partial charge on any atom is -0.359 e. The first-order valence-electron chi connectivity index (χ1n) is 5.77. The van der Waals surface area contributed by atoms with Crippen LogP contribution in [0.3, 0.4) is 0 Å². The third-order valence-electron chi connectivity index (χ3n) is 3.07. The van der Waals surface area contributed by atoms with Crippen molar-refractivity contribution in [3.8, 4) is 6.07 Å². The number of amides is 1. The van der Waals surface area contributed by atoms with Crippen LogP contribution in [0.4, 0.5) is 11.4 Å². The summed E-state index contributed by atoms with van der Waals surface area (Å²) in [5.74, 6) is 0.0284. The predicted molar refractivity (Wildman–Crippen MR) is 73.9 cm³/mol. The van der Waals surface area contributed by atoms with E-state index in [1.165, 1.54) is 0 Å². The highest BCUT2D eigenvalue weighted by Gasteiger charge is 2.23. The zero-order valence-electron chi connectivity index (χ0n) is 10.6. The van der Waals surface area contributed by atoms with E-state index >= 15 is 0 Å². The Bertz CT molecular complexity index is 523. The Kier molecular flexibility index (Phi) is 3.48. The lowest BCUT2D eigenvalue weighted by molar-refractivity contribution is -0.115. The van der Waals surface area contributed by atoms with Gasteiger partial charge in [-0.15, -0.1) is 11.8 Å². The topological polar surface area (TPSA) is 56.1 Å². The fourth-order valence-electron chi connectivity index (χ4n) is 1.73. The molecule has 4 nitrogen and oxygen atoms in total. The lowest BCUT2D eigenvalue weighted by atomic mass is 10.2. The fourth-order valence-corrected chi connectivity index (χ4v) is 2.66. The van der Waals surface area contributed by atoms with E-state index in [-0.39, 0.29) is 17.2 Å². The van der Waals surface area contributed by atoms with Crippen LogP contribution in [-0.2, 0) is 4.79 Å². The van der Waals surface area contributed by atoms with Gasteiger partial charge in [-0.3, -0.25) is 4.79 Å². The van der Waals surface area contributed by atoms with E-state index in [0.717, 1.165) is 16.3 Å². The van der Waals surface area contributed by atoms with Crippen molar-refractivity contribution >= 4 is 29.0 Å². The monoisotopic (exact) mass is 261 g/mol. The number of hydrogen-bond donors (Lipinski definition) is 1. The number of thioether (sulfide) groups is 1. The van der Waals surface area contributed by atoms with Crippen molar-refractivity contribution in [2.24, 2.45) is 0 Å². The Labute approximate surface area is 111 Å². The molecule has 0 aliphatic carbocycles. The third-order valence-corrected chi connectivity index (χ3v) is 4.25. The van der Waals surface area contributed by atoms with E-state index in [4.69, 9.17) is 5.26 Å². The molecule has 0 spiro atoms. The van der Waals surface area contributed by atoms with Gasteiger partial charge in [0.25, 0.3) is 0 Å². The molecule has 1 aliphatic rings. The van der Waals surface area contributed by atoms with Crippen LogP contribution in [-0.4, -0.2) is 24.2 Å². The fraction of sp³-hybridized carbons (Fsp3) is 0.385. The van der Waals surface area contributed by atoms with E-state index < -0.39 is 0 Å². The second-order valence-corrected chi connectivity index (χ2v) is 5.73. The summed E-state index contributed by atoms with van der Waals surface area (Å²) < 4.78 is 0. The van der Waals surface area contributed by atoms with Gasteiger partial charge in [0.15, 0.2) is 0 Å². The molecule has 94 valence electrons. The van der Waals surface area contributed by atoms with Gasteiger partial charge in [0.05, 0.1) is 17.0 Å². The smallest absolute Gasteiger partial charge is 0.237 e. The molecular formula is C13H15N3OS. The average Bonchev–Trinajstić information content (AvgIpc) is 2.37. The van der Waals surface area contributed by atoms with Gasteiger partial charge in [-0.2, -0.15) is 5.26 Å². The highest BCUT2D eigenvalue weighted by molar-refractivity contribution is 8.00. The van der Waals surface area contributed by atoms with Crippen LogP contribution in [0.25, 0.3) is 0 Å². The second kappa shape index (κ2) is 4.91. The maximum Gasteiger partial charge on any atom is 0.237 e. The molecule has 5 heteroatoms. The van der Waals surface area contributed by atoms with Gasteiger partial charge in [0.2, 0.25) is 5.91 Å². The Morgan fingerprint density at radius 1 is 1.56 bits per heavy atom. The van der Waals surface area contributed by atoms with E-state index in [1.54, 1.807) is 11.8 Å². The first-order chi connectivity index (χ1) is 8.52. The molecule has 1 N–H and O–H groups in total. The third kappa shape index (κ3) is 2.29. The first-order valence-corrected chi connectivity index (χ1v) is 6.65. The number of rotatable bonds is 2. The van der Waals surface area contributed by atoms with Gasteiger partial charge in [-0.1, -0.05) is 0 Å². The molecule has 18 heavy (non-hydrogen) atoms. The van der Waals surface area contributed by atoms with E-state index in [0.29, 0.717) is 0 Å². The van der Waals surface area contributed by atoms with Crippen LogP contribution in [0.15, 0.2) is 23.1 Å². The van der Waals surface area contributed by atoms with Crippen molar-refractivity contribution in [3.63, 3.8) is 0 Å². The van der Waals surface area contributed by atoms with Crippen LogP contribution in [0.2, 0.25) is 0 Å². The van der Waals surface area contributed by atoms with Crippen molar-refractivity contribution in [2.45, 2.75) is 30.0 Å². The highest BCUT2D eigenvalue weighted by Crippen LogP contribution is 2.37.